The van der Waals surface area contributed by atoms with Crippen molar-refractivity contribution in [1.29, 1.82) is 0 Å². The minimum Gasteiger partial charge on any atom is -0.310 e. The van der Waals surface area contributed by atoms with E-state index in [0.717, 1.165) is 0 Å². The van der Waals surface area contributed by atoms with Crippen LogP contribution in [0.3, 0.4) is 0 Å². The number of nitrogens with one attached hydrogen (secondary N) is 1. The maximum atomic E-state index is 3.81. The van der Waals surface area contributed by atoms with Crippen LogP contribution in [-0.2, 0) is 0 Å². The molecule has 0 bridgehead atoms. The number of hydrogen-bond donors (Lipinski definition) is 1. The van der Waals surface area contributed by atoms with Crippen molar-refractivity contribution in [3.05, 3.63) is 0 Å². The van der Waals surface area contributed by atoms with Crippen molar-refractivity contribution < 1.29 is 0 Å². The van der Waals surface area contributed by atoms with Crippen molar-refractivity contribution in [2.45, 2.75) is 65.3 Å². The first-order valence-electron chi connectivity index (χ1n) is 8.89. The van der Waals surface area contributed by atoms with Crippen molar-refractivity contribution in [3.8, 4) is 0 Å². The summed E-state index contributed by atoms with van der Waals surface area (Å²) in [6.07, 6.45) is 6.66. The highest BCUT2D eigenvalue weighted by atomic mass is 15.2. The third-order valence-corrected chi connectivity index (χ3v) is 4.88. The lowest BCUT2D eigenvalue weighted by Crippen LogP contribution is -2.50. The zero-order valence-electron chi connectivity index (χ0n) is 14.4. The van der Waals surface area contributed by atoms with Gasteiger partial charge in [0.05, 0.1) is 0 Å². The van der Waals surface area contributed by atoms with Crippen molar-refractivity contribution in [2.24, 2.45) is 0 Å². The lowest BCUT2D eigenvalue weighted by atomic mass is 9.91. The molecule has 0 spiro atoms. The molecule has 1 aliphatic heterocycles. The van der Waals surface area contributed by atoms with Crippen LogP contribution in [0.25, 0.3) is 0 Å². The Hall–Kier alpha value is -0.120. The fraction of sp³-hybridized carbons (Fsp3) is 1.00. The van der Waals surface area contributed by atoms with E-state index in [-0.39, 0.29) is 0 Å². The Kier molecular flexibility index (Phi) is 8.74. The van der Waals surface area contributed by atoms with Gasteiger partial charge in [-0.05, 0) is 65.0 Å². The Balaban J connectivity index is 2.37. The minimum absolute atomic E-state index is 0.417. The molecule has 1 rings (SSSR count). The van der Waals surface area contributed by atoms with Crippen LogP contribution in [0.15, 0.2) is 0 Å². The van der Waals surface area contributed by atoms with Crippen LogP contribution >= 0.6 is 0 Å². The summed E-state index contributed by atoms with van der Waals surface area (Å²) in [6, 6.07) is 0. The molecule has 1 saturated heterocycles. The summed E-state index contributed by atoms with van der Waals surface area (Å²) in [5, 5.41) is 3.81. The van der Waals surface area contributed by atoms with Gasteiger partial charge in [-0.1, -0.05) is 34.1 Å². The molecule has 1 N–H and O–H groups in total. The van der Waals surface area contributed by atoms with Gasteiger partial charge in [-0.15, -0.1) is 0 Å². The van der Waals surface area contributed by atoms with E-state index in [1.54, 1.807) is 0 Å². The van der Waals surface area contributed by atoms with E-state index >= 15 is 0 Å². The topological polar surface area (TPSA) is 18.5 Å². The summed E-state index contributed by atoms with van der Waals surface area (Å²) in [4.78, 5) is 5.20. The Morgan fingerprint density at radius 3 is 2.10 bits per heavy atom. The van der Waals surface area contributed by atoms with Crippen molar-refractivity contribution in [3.63, 3.8) is 0 Å². The van der Waals surface area contributed by atoms with Crippen molar-refractivity contribution >= 4 is 0 Å². The van der Waals surface area contributed by atoms with Gasteiger partial charge < -0.3 is 15.1 Å². The molecule has 3 heteroatoms. The Labute approximate surface area is 127 Å². The molecule has 120 valence electrons. The van der Waals surface area contributed by atoms with E-state index in [9.17, 15) is 0 Å². The molecule has 0 saturated carbocycles. The maximum Gasteiger partial charge on any atom is 0.0309 e. The van der Waals surface area contributed by atoms with Crippen LogP contribution in [0.5, 0.6) is 0 Å². The van der Waals surface area contributed by atoms with Crippen LogP contribution in [-0.4, -0.2) is 61.2 Å². The van der Waals surface area contributed by atoms with E-state index in [4.69, 9.17) is 0 Å². The second kappa shape index (κ2) is 9.75. The number of rotatable bonds is 11. The largest absolute Gasteiger partial charge is 0.310 e. The molecule has 0 aliphatic carbocycles. The smallest absolute Gasteiger partial charge is 0.0309 e. The van der Waals surface area contributed by atoms with Crippen molar-refractivity contribution in [1.82, 2.24) is 15.1 Å². The van der Waals surface area contributed by atoms with E-state index in [1.165, 1.54) is 77.9 Å². The molecule has 1 atom stereocenters. The first-order chi connectivity index (χ1) is 9.69. The summed E-state index contributed by atoms with van der Waals surface area (Å²) in [5.41, 5.74) is 0.417. The van der Waals surface area contributed by atoms with Gasteiger partial charge in [0.1, 0.15) is 0 Å². The van der Waals surface area contributed by atoms with Gasteiger partial charge >= 0.3 is 0 Å². The molecule has 0 aromatic rings. The van der Waals surface area contributed by atoms with E-state index in [1.807, 2.05) is 0 Å². The van der Waals surface area contributed by atoms with Crippen LogP contribution in [0, 0.1) is 0 Å². The molecule has 1 unspecified atom stereocenters. The molecule has 3 nitrogen and oxygen atoms in total. The van der Waals surface area contributed by atoms with Gasteiger partial charge in [-0.2, -0.15) is 0 Å². The van der Waals surface area contributed by atoms with E-state index in [0.29, 0.717) is 5.54 Å². The summed E-state index contributed by atoms with van der Waals surface area (Å²) < 4.78 is 0. The summed E-state index contributed by atoms with van der Waals surface area (Å²) in [7, 11) is 0. The SMILES string of the molecule is CCCC1(CN(CC)CCCN(CC)CC)CCCN1. The molecular formula is C17H37N3. The second-order valence-corrected chi connectivity index (χ2v) is 6.31. The third kappa shape index (κ3) is 5.71. The van der Waals surface area contributed by atoms with Crippen LogP contribution in [0.1, 0.15) is 59.8 Å². The molecule has 0 radical (unpaired) electrons. The second-order valence-electron chi connectivity index (χ2n) is 6.31. The molecule has 1 aliphatic rings. The lowest BCUT2D eigenvalue weighted by molar-refractivity contribution is 0.178. The first kappa shape index (κ1) is 17.9. The van der Waals surface area contributed by atoms with E-state index < -0.39 is 0 Å². The Morgan fingerprint density at radius 2 is 1.60 bits per heavy atom. The summed E-state index contributed by atoms with van der Waals surface area (Å²) in [5.74, 6) is 0. The molecule has 1 heterocycles. The van der Waals surface area contributed by atoms with Gasteiger partial charge in [-0.3, -0.25) is 0 Å². The van der Waals surface area contributed by atoms with E-state index in [2.05, 4.69) is 42.8 Å². The molecule has 20 heavy (non-hydrogen) atoms. The highest BCUT2D eigenvalue weighted by Gasteiger charge is 2.33. The number of nitrogens with zero attached hydrogens (tertiary/aromatic N) is 2. The highest BCUT2D eigenvalue weighted by Crippen LogP contribution is 2.25. The predicted octanol–water partition coefficient (Wildman–Crippen LogP) is 2.96. The van der Waals surface area contributed by atoms with Crippen LogP contribution in [0.4, 0.5) is 0 Å². The molecule has 0 aromatic carbocycles. The Morgan fingerprint density at radius 1 is 0.950 bits per heavy atom. The van der Waals surface area contributed by atoms with Crippen LogP contribution < -0.4 is 5.32 Å². The molecule has 1 fully saturated rings. The number of hydrogen-bond acceptors (Lipinski definition) is 3. The Bertz CT molecular complexity index is 232. The van der Waals surface area contributed by atoms with Gasteiger partial charge in [0.2, 0.25) is 0 Å². The summed E-state index contributed by atoms with van der Waals surface area (Å²) >= 11 is 0. The average Bonchev–Trinajstić information content (AvgIpc) is 2.91. The van der Waals surface area contributed by atoms with Gasteiger partial charge in [0, 0.05) is 12.1 Å². The average molecular weight is 284 g/mol. The lowest BCUT2D eigenvalue weighted by Gasteiger charge is -2.35. The van der Waals surface area contributed by atoms with Gasteiger partial charge in [0.25, 0.3) is 0 Å². The fourth-order valence-corrected chi connectivity index (χ4v) is 3.61. The predicted molar refractivity (Wildman–Crippen MR) is 89.4 cm³/mol. The quantitative estimate of drug-likeness (QED) is 0.629. The standard InChI is InChI=1S/C17H37N3/c1-5-11-17(12-9-13-18-17)16-20(8-4)15-10-14-19(6-2)7-3/h18H,5-16H2,1-4H3. The normalized spacial score (nSPS) is 23.1. The third-order valence-electron chi connectivity index (χ3n) is 4.88. The molecular weight excluding hydrogens is 246 g/mol. The minimum atomic E-state index is 0.417. The fourth-order valence-electron chi connectivity index (χ4n) is 3.61. The van der Waals surface area contributed by atoms with Crippen molar-refractivity contribution in [2.75, 3.05) is 45.8 Å². The van der Waals surface area contributed by atoms with Gasteiger partial charge in [0.15, 0.2) is 0 Å². The molecule has 0 amide bonds. The first-order valence-corrected chi connectivity index (χ1v) is 8.89. The van der Waals surface area contributed by atoms with Gasteiger partial charge in [-0.25, -0.2) is 0 Å². The molecule has 0 aromatic heterocycles. The zero-order valence-corrected chi connectivity index (χ0v) is 14.4. The summed E-state index contributed by atoms with van der Waals surface area (Å²) in [6.45, 7) is 17.7. The van der Waals surface area contributed by atoms with Crippen LogP contribution in [0.2, 0.25) is 0 Å². The maximum absolute atomic E-state index is 3.81. The zero-order chi connectivity index (χ0) is 14.8. The monoisotopic (exact) mass is 283 g/mol. The highest BCUT2D eigenvalue weighted by molar-refractivity contribution is 4.95. The number of likely N-dealkylation sites (N-methyl/N-ethyl adjacent to an activating group) is 1.